The van der Waals surface area contributed by atoms with Gasteiger partial charge in [-0.05, 0) is 32.0 Å². The predicted octanol–water partition coefficient (Wildman–Crippen LogP) is 2.10. The third-order valence-corrected chi connectivity index (χ3v) is 6.54. The van der Waals surface area contributed by atoms with Crippen molar-refractivity contribution in [1.82, 2.24) is 14.6 Å². The second-order valence-corrected chi connectivity index (χ2v) is 8.13. The largest absolute Gasteiger partial charge is 0.315 e. The van der Waals surface area contributed by atoms with Crippen LogP contribution in [0.25, 0.3) is 10.6 Å². The highest BCUT2D eigenvalue weighted by molar-refractivity contribution is 7.89. The fourth-order valence-electron chi connectivity index (χ4n) is 2.49. The van der Waals surface area contributed by atoms with Crippen LogP contribution in [0.5, 0.6) is 0 Å². The summed E-state index contributed by atoms with van der Waals surface area (Å²) in [7, 11) is -3.44. The van der Waals surface area contributed by atoms with Crippen LogP contribution >= 0.6 is 11.3 Å². The minimum Gasteiger partial charge on any atom is -0.315 e. The Labute approximate surface area is 135 Å². The molecule has 2 aromatic rings. The van der Waals surface area contributed by atoms with Gasteiger partial charge in [-0.15, -0.1) is 11.3 Å². The molecule has 22 heavy (non-hydrogen) atoms. The Hall–Kier alpha value is -1.28. The van der Waals surface area contributed by atoms with Crippen molar-refractivity contribution in [3.8, 4) is 10.6 Å². The summed E-state index contributed by atoms with van der Waals surface area (Å²) in [5.74, 6) is 0. The fourth-order valence-corrected chi connectivity index (χ4v) is 4.81. The number of nitrogens with one attached hydrogen (secondary N) is 1. The zero-order chi connectivity index (χ0) is 15.6. The topological polar surface area (TPSA) is 62.3 Å². The summed E-state index contributed by atoms with van der Waals surface area (Å²) in [6.07, 6.45) is 0.838. The van der Waals surface area contributed by atoms with Crippen molar-refractivity contribution >= 4 is 21.4 Å². The average molecular weight is 337 g/mol. The van der Waals surface area contributed by atoms with Gasteiger partial charge in [0.1, 0.15) is 5.01 Å². The molecular weight excluding hydrogens is 318 g/mol. The first-order chi connectivity index (χ1) is 10.6. The van der Waals surface area contributed by atoms with Crippen LogP contribution < -0.4 is 5.32 Å². The first-order valence-electron chi connectivity index (χ1n) is 7.31. The Morgan fingerprint density at radius 3 is 2.91 bits per heavy atom. The molecule has 0 atom stereocenters. The van der Waals surface area contributed by atoms with Crippen LogP contribution in [0.3, 0.4) is 0 Å². The van der Waals surface area contributed by atoms with Crippen molar-refractivity contribution < 1.29 is 8.42 Å². The van der Waals surface area contributed by atoms with Crippen LogP contribution in [0.15, 0.2) is 34.5 Å². The molecule has 1 aliphatic rings. The number of sulfonamides is 1. The number of nitrogens with zero attached hydrogens (tertiary/aromatic N) is 2. The quantitative estimate of drug-likeness (QED) is 0.932. The third kappa shape index (κ3) is 3.22. The maximum Gasteiger partial charge on any atom is 0.243 e. The van der Waals surface area contributed by atoms with Gasteiger partial charge in [-0.25, -0.2) is 13.4 Å². The molecule has 1 N–H and O–H groups in total. The smallest absolute Gasteiger partial charge is 0.243 e. The Kier molecular flexibility index (Phi) is 4.58. The molecule has 1 saturated heterocycles. The lowest BCUT2D eigenvalue weighted by Gasteiger charge is -2.19. The van der Waals surface area contributed by atoms with Gasteiger partial charge in [0.15, 0.2) is 0 Å². The van der Waals surface area contributed by atoms with Crippen LogP contribution in [0.4, 0.5) is 0 Å². The molecule has 0 spiro atoms. The highest BCUT2D eigenvalue weighted by Crippen LogP contribution is 2.27. The van der Waals surface area contributed by atoms with Gasteiger partial charge >= 0.3 is 0 Å². The Bertz CT molecular complexity index is 748. The highest BCUT2D eigenvalue weighted by atomic mass is 32.2. The molecule has 2 heterocycles. The minimum absolute atomic E-state index is 0.347. The van der Waals surface area contributed by atoms with Crippen LogP contribution in [0.1, 0.15) is 12.1 Å². The van der Waals surface area contributed by atoms with Crippen LogP contribution in [-0.2, 0) is 10.0 Å². The summed E-state index contributed by atoms with van der Waals surface area (Å²) in [6, 6.07) is 7.08. The minimum atomic E-state index is -3.44. The molecule has 1 aliphatic heterocycles. The number of thiazole rings is 1. The van der Waals surface area contributed by atoms with Crippen molar-refractivity contribution in [3.05, 3.63) is 35.3 Å². The van der Waals surface area contributed by atoms with Crippen molar-refractivity contribution in [2.75, 3.05) is 26.2 Å². The zero-order valence-electron chi connectivity index (χ0n) is 12.4. The van der Waals surface area contributed by atoms with Crippen LogP contribution in [0.2, 0.25) is 0 Å². The van der Waals surface area contributed by atoms with Gasteiger partial charge < -0.3 is 5.32 Å². The standard InChI is InChI=1S/C15H19N3O2S2/c1-12-11-21-15(17-12)13-4-2-5-14(10-13)22(19,20)18-8-3-6-16-7-9-18/h2,4-5,10-11,16H,3,6-9H2,1H3. The van der Waals surface area contributed by atoms with E-state index in [2.05, 4.69) is 10.3 Å². The molecule has 1 fully saturated rings. The van der Waals surface area contributed by atoms with Crippen molar-refractivity contribution in [2.24, 2.45) is 0 Å². The molecule has 0 radical (unpaired) electrons. The molecule has 5 nitrogen and oxygen atoms in total. The van der Waals surface area contributed by atoms with Gasteiger partial charge in [0.25, 0.3) is 0 Å². The van der Waals surface area contributed by atoms with Crippen molar-refractivity contribution in [3.63, 3.8) is 0 Å². The first-order valence-corrected chi connectivity index (χ1v) is 9.63. The zero-order valence-corrected chi connectivity index (χ0v) is 14.1. The molecule has 0 aliphatic carbocycles. The van der Waals surface area contributed by atoms with Crippen LogP contribution in [0, 0.1) is 6.92 Å². The van der Waals surface area contributed by atoms with Gasteiger partial charge in [0.2, 0.25) is 10.0 Å². The van der Waals surface area contributed by atoms with E-state index in [0.717, 1.165) is 29.2 Å². The second kappa shape index (κ2) is 6.45. The summed E-state index contributed by atoms with van der Waals surface area (Å²) < 4.78 is 27.2. The first kappa shape index (κ1) is 15.6. The molecular formula is C15H19N3O2S2. The molecule has 0 saturated carbocycles. The molecule has 0 bridgehead atoms. The summed E-state index contributed by atoms with van der Waals surface area (Å²) >= 11 is 1.53. The van der Waals surface area contributed by atoms with E-state index in [1.807, 2.05) is 18.4 Å². The maximum atomic E-state index is 12.8. The molecule has 1 aromatic carbocycles. The summed E-state index contributed by atoms with van der Waals surface area (Å²) in [4.78, 5) is 4.78. The van der Waals surface area contributed by atoms with Gasteiger partial charge in [-0.2, -0.15) is 4.31 Å². The van der Waals surface area contributed by atoms with E-state index in [1.165, 1.54) is 11.3 Å². The van der Waals surface area contributed by atoms with E-state index >= 15 is 0 Å². The monoisotopic (exact) mass is 337 g/mol. The van der Waals surface area contributed by atoms with E-state index in [4.69, 9.17) is 0 Å². The van der Waals surface area contributed by atoms with Crippen molar-refractivity contribution in [2.45, 2.75) is 18.2 Å². The molecule has 7 heteroatoms. The van der Waals surface area contributed by atoms with Gasteiger partial charge in [0, 0.05) is 36.3 Å². The van der Waals surface area contributed by atoms with Gasteiger partial charge in [-0.1, -0.05) is 12.1 Å². The highest BCUT2D eigenvalue weighted by Gasteiger charge is 2.25. The van der Waals surface area contributed by atoms with Crippen LogP contribution in [-0.4, -0.2) is 43.9 Å². The SMILES string of the molecule is Cc1csc(-c2cccc(S(=O)(=O)N3CCCNCC3)c2)n1. The van der Waals surface area contributed by atoms with Crippen molar-refractivity contribution in [1.29, 1.82) is 0 Å². The number of aromatic nitrogens is 1. The lowest BCUT2D eigenvalue weighted by molar-refractivity contribution is 0.432. The Morgan fingerprint density at radius 1 is 1.27 bits per heavy atom. The molecule has 118 valence electrons. The lowest BCUT2D eigenvalue weighted by atomic mass is 10.2. The maximum absolute atomic E-state index is 12.8. The predicted molar refractivity (Wildman–Crippen MR) is 88.5 cm³/mol. The summed E-state index contributed by atoms with van der Waals surface area (Å²) in [6.45, 7) is 4.58. The molecule has 0 amide bonds. The average Bonchev–Trinajstić information content (AvgIpc) is 2.77. The van der Waals surface area contributed by atoms with E-state index in [-0.39, 0.29) is 0 Å². The lowest BCUT2D eigenvalue weighted by Crippen LogP contribution is -2.34. The summed E-state index contributed by atoms with van der Waals surface area (Å²) in [5.41, 5.74) is 1.80. The number of aryl methyl sites for hydroxylation is 1. The van der Waals surface area contributed by atoms with Gasteiger partial charge in [-0.3, -0.25) is 0 Å². The molecule has 0 unspecified atom stereocenters. The normalized spacial score (nSPS) is 17.3. The number of rotatable bonds is 3. The van der Waals surface area contributed by atoms with E-state index < -0.39 is 10.0 Å². The Balaban J connectivity index is 1.93. The molecule has 3 rings (SSSR count). The van der Waals surface area contributed by atoms with E-state index in [0.29, 0.717) is 24.5 Å². The van der Waals surface area contributed by atoms with E-state index in [1.54, 1.807) is 22.5 Å². The molecule has 1 aromatic heterocycles. The number of hydrogen-bond donors (Lipinski definition) is 1. The number of hydrogen-bond acceptors (Lipinski definition) is 5. The van der Waals surface area contributed by atoms with Gasteiger partial charge in [0.05, 0.1) is 4.90 Å². The van der Waals surface area contributed by atoms with E-state index in [9.17, 15) is 8.42 Å². The fraction of sp³-hybridized carbons (Fsp3) is 0.400. The third-order valence-electron chi connectivity index (χ3n) is 3.64. The second-order valence-electron chi connectivity index (χ2n) is 5.33. The number of benzene rings is 1. The Morgan fingerprint density at radius 2 is 2.14 bits per heavy atom. The summed E-state index contributed by atoms with van der Waals surface area (Å²) in [5, 5.41) is 6.05.